The largest absolute Gasteiger partial charge is 0.310 e. The Morgan fingerprint density at radius 3 is 1.41 bits per heavy atom. The molecule has 0 spiro atoms. The minimum atomic E-state index is 0.180. The molecule has 2 aromatic heterocycles. The van der Waals surface area contributed by atoms with Crippen LogP contribution in [0.5, 0.6) is 0 Å². The fourth-order valence-corrected chi connectivity index (χ4v) is 12.5. The first kappa shape index (κ1) is 25.9. The van der Waals surface area contributed by atoms with Crippen LogP contribution in [0, 0.1) is 6.92 Å². The zero-order chi connectivity index (χ0) is 31.7. The fourth-order valence-electron chi connectivity index (χ4n) is 9.98. The van der Waals surface area contributed by atoms with Crippen LogP contribution in [0.3, 0.4) is 0 Å². The van der Waals surface area contributed by atoms with Crippen LogP contribution in [-0.2, 0) is 0 Å². The number of rotatable bonds is 0. The van der Waals surface area contributed by atoms with Gasteiger partial charge >= 0.3 is 0 Å². The van der Waals surface area contributed by atoms with Gasteiger partial charge in [-0.2, -0.15) is 0 Å². The number of hydrogen-bond donors (Lipinski definition) is 0. The lowest BCUT2D eigenvalue weighted by Gasteiger charge is -2.38. The first-order valence-electron chi connectivity index (χ1n) is 17.1. The molecule has 0 radical (unpaired) electrons. The van der Waals surface area contributed by atoms with Crippen LogP contribution in [0.1, 0.15) is 5.56 Å². The Morgan fingerprint density at radius 1 is 0.449 bits per heavy atom. The number of aromatic nitrogens is 2. The molecule has 0 atom stereocenters. The summed E-state index contributed by atoms with van der Waals surface area (Å²) in [6, 6.07) is 48.5. The minimum absolute atomic E-state index is 0.180. The lowest BCUT2D eigenvalue weighted by molar-refractivity contribution is 1.16. The van der Waals surface area contributed by atoms with Gasteiger partial charge in [0.1, 0.15) is 0 Å². The number of fused-ring (bicyclic) bond motifs is 14. The van der Waals surface area contributed by atoms with Crippen LogP contribution >= 0.6 is 23.5 Å². The standard InChI is InChI=1S/C43H24B2N2S2/c1-23-42-30(44-28-14-6-12-26-24-10-2-4-16-32(24)46(40(26)28)34-18-8-20-36(48-42)38(34)44)22-31-43(23)49-37-21-9-19-35-39(37)45(31)29-15-7-13-27-25-11-3-5-17-33(25)47(35)41(27)29/h2-22H,1H3. The normalized spacial score (nSPS) is 14.4. The van der Waals surface area contributed by atoms with Crippen molar-refractivity contribution in [1.82, 2.24) is 9.13 Å². The Morgan fingerprint density at radius 2 is 0.898 bits per heavy atom. The molecule has 4 aliphatic rings. The Labute approximate surface area is 291 Å². The maximum absolute atomic E-state index is 2.64. The summed E-state index contributed by atoms with van der Waals surface area (Å²) in [5, 5.41) is 5.35. The molecule has 9 aromatic rings. The molecule has 4 aliphatic heterocycles. The average Bonchev–Trinajstić information content (AvgIpc) is 3.67. The highest BCUT2D eigenvalue weighted by atomic mass is 32.2. The molecule has 0 unspecified atom stereocenters. The van der Waals surface area contributed by atoms with Gasteiger partial charge < -0.3 is 9.13 Å². The van der Waals surface area contributed by atoms with Crippen molar-refractivity contribution in [2.45, 2.75) is 26.5 Å². The van der Waals surface area contributed by atoms with Gasteiger partial charge in [0.25, 0.3) is 0 Å². The van der Waals surface area contributed by atoms with Crippen molar-refractivity contribution < 1.29 is 0 Å². The van der Waals surface area contributed by atoms with Crippen molar-refractivity contribution >= 4 is 113 Å². The molecule has 0 aliphatic carbocycles. The van der Waals surface area contributed by atoms with E-state index in [0.717, 1.165) is 0 Å². The highest BCUT2D eigenvalue weighted by Crippen LogP contribution is 2.44. The number of nitrogens with zero attached hydrogens (tertiary/aromatic N) is 2. The van der Waals surface area contributed by atoms with Gasteiger partial charge in [-0.1, -0.05) is 125 Å². The average molecular weight is 654 g/mol. The molecule has 49 heavy (non-hydrogen) atoms. The van der Waals surface area contributed by atoms with Crippen molar-refractivity contribution in [2.24, 2.45) is 0 Å². The van der Waals surface area contributed by atoms with Gasteiger partial charge in [-0.05, 0) is 70.7 Å². The van der Waals surface area contributed by atoms with Crippen LogP contribution < -0.4 is 32.8 Å². The molecule has 0 saturated carbocycles. The van der Waals surface area contributed by atoms with E-state index in [1.807, 2.05) is 23.5 Å². The molecule has 13 rings (SSSR count). The smallest absolute Gasteiger partial charge is 0.249 e. The van der Waals surface area contributed by atoms with Crippen LogP contribution in [0.2, 0.25) is 0 Å². The number of benzene rings is 7. The van der Waals surface area contributed by atoms with Gasteiger partial charge in [-0.15, -0.1) is 0 Å². The van der Waals surface area contributed by atoms with Crippen molar-refractivity contribution in [3.63, 3.8) is 0 Å². The molecule has 0 amide bonds. The van der Waals surface area contributed by atoms with E-state index >= 15 is 0 Å². The SMILES string of the molecule is Cc1c2c(cc3c1Sc1cccc4c1B3c1cccc3c5ccccc5n-4c13)B1c3c(cccc3-n3c4ccccc4c4cccc1c43)S2. The van der Waals surface area contributed by atoms with E-state index in [9.17, 15) is 0 Å². The Hall–Kier alpha value is -5.03. The Balaban J connectivity index is 1.15. The van der Waals surface area contributed by atoms with Crippen molar-refractivity contribution in [1.29, 1.82) is 0 Å². The van der Waals surface area contributed by atoms with E-state index in [1.54, 1.807) is 0 Å². The van der Waals surface area contributed by atoms with Crippen LogP contribution in [0.25, 0.3) is 55.0 Å². The Kier molecular flexibility index (Phi) is 4.63. The van der Waals surface area contributed by atoms with Gasteiger partial charge in [0.15, 0.2) is 0 Å². The molecule has 0 bridgehead atoms. The second-order valence-corrected chi connectivity index (χ2v) is 16.1. The molecule has 0 N–H and O–H groups in total. The topological polar surface area (TPSA) is 9.86 Å². The first-order valence-corrected chi connectivity index (χ1v) is 18.7. The van der Waals surface area contributed by atoms with E-state index in [-0.39, 0.29) is 13.4 Å². The third kappa shape index (κ3) is 2.93. The lowest BCUT2D eigenvalue weighted by Crippen LogP contribution is -2.63. The zero-order valence-corrected chi connectivity index (χ0v) is 28.1. The van der Waals surface area contributed by atoms with E-state index < -0.39 is 0 Å². The van der Waals surface area contributed by atoms with E-state index in [2.05, 4.69) is 143 Å². The molecule has 224 valence electrons. The molecule has 0 saturated heterocycles. The second-order valence-electron chi connectivity index (χ2n) is 14.0. The molecule has 2 nitrogen and oxygen atoms in total. The predicted octanol–water partition coefficient (Wildman–Crippen LogP) is 6.78. The lowest BCUT2D eigenvalue weighted by atomic mass is 9.32. The van der Waals surface area contributed by atoms with E-state index in [0.29, 0.717) is 0 Å². The van der Waals surface area contributed by atoms with Gasteiger partial charge in [0.05, 0.1) is 11.0 Å². The first-order chi connectivity index (χ1) is 24.3. The quantitative estimate of drug-likeness (QED) is 0.167. The summed E-state index contributed by atoms with van der Waals surface area (Å²) >= 11 is 3.97. The summed E-state index contributed by atoms with van der Waals surface area (Å²) in [6.45, 7) is 2.75. The number of para-hydroxylation sites is 4. The maximum atomic E-state index is 2.64. The fraction of sp³-hybridized carbons (Fsp3) is 0.0233. The maximum Gasteiger partial charge on any atom is 0.249 e. The summed E-state index contributed by atoms with van der Waals surface area (Å²) in [6.07, 6.45) is 0. The summed E-state index contributed by atoms with van der Waals surface area (Å²) in [5.41, 5.74) is 18.1. The van der Waals surface area contributed by atoms with Crippen LogP contribution in [0.4, 0.5) is 0 Å². The summed E-state index contributed by atoms with van der Waals surface area (Å²) in [7, 11) is 0. The third-order valence-electron chi connectivity index (χ3n) is 11.8. The highest BCUT2D eigenvalue weighted by molar-refractivity contribution is 8.01. The molecule has 6 heterocycles. The zero-order valence-electron chi connectivity index (χ0n) is 26.5. The third-order valence-corrected chi connectivity index (χ3v) is 14.4. The number of hydrogen-bond acceptors (Lipinski definition) is 2. The monoisotopic (exact) mass is 654 g/mol. The van der Waals surface area contributed by atoms with E-state index in [1.165, 1.54) is 113 Å². The molecule has 6 heteroatoms. The van der Waals surface area contributed by atoms with Crippen molar-refractivity contribution in [3.8, 4) is 11.4 Å². The summed E-state index contributed by atoms with van der Waals surface area (Å²) in [5.74, 6) is 0. The van der Waals surface area contributed by atoms with Gasteiger partial charge in [-0.3, -0.25) is 0 Å². The van der Waals surface area contributed by atoms with E-state index in [4.69, 9.17) is 0 Å². The van der Waals surface area contributed by atoms with Gasteiger partial charge in [0.2, 0.25) is 13.4 Å². The predicted molar refractivity (Wildman–Crippen MR) is 210 cm³/mol. The molecular weight excluding hydrogens is 630 g/mol. The summed E-state index contributed by atoms with van der Waals surface area (Å²) < 4.78 is 5.09. The van der Waals surface area contributed by atoms with Crippen molar-refractivity contribution in [2.75, 3.05) is 0 Å². The highest BCUT2D eigenvalue weighted by Gasteiger charge is 2.44. The molecule has 7 aromatic carbocycles. The van der Waals surface area contributed by atoms with Crippen molar-refractivity contribution in [3.05, 3.63) is 133 Å². The molecular formula is C43H24B2N2S2. The second kappa shape index (κ2) is 8.76. The molecule has 0 fully saturated rings. The summed E-state index contributed by atoms with van der Waals surface area (Å²) in [4.78, 5) is 5.64. The van der Waals surface area contributed by atoms with Gasteiger partial charge in [0, 0.05) is 63.5 Å². The minimum Gasteiger partial charge on any atom is -0.310 e. The van der Waals surface area contributed by atoms with Crippen LogP contribution in [0.15, 0.2) is 147 Å². The van der Waals surface area contributed by atoms with Gasteiger partial charge in [-0.25, -0.2) is 0 Å². The van der Waals surface area contributed by atoms with Crippen LogP contribution in [-0.4, -0.2) is 22.6 Å². The Bertz CT molecular complexity index is 2840.